The van der Waals surface area contributed by atoms with Crippen LogP contribution in [0.3, 0.4) is 0 Å². The average molecular weight is 299 g/mol. The van der Waals surface area contributed by atoms with Crippen molar-refractivity contribution in [3.05, 3.63) is 35.7 Å². The van der Waals surface area contributed by atoms with Crippen LogP contribution in [0.4, 0.5) is 0 Å². The van der Waals surface area contributed by atoms with Crippen molar-refractivity contribution >= 4 is 5.97 Å². The van der Waals surface area contributed by atoms with Gasteiger partial charge in [-0.25, -0.2) is 0 Å². The molecule has 1 aliphatic heterocycles. The second kappa shape index (κ2) is 6.30. The van der Waals surface area contributed by atoms with Crippen LogP contribution >= 0.6 is 0 Å². The molecule has 1 atom stereocenters. The van der Waals surface area contributed by atoms with E-state index < -0.39 is 0 Å². The Labute approximate surface area is 130 Å². The number of aryl methyl sites for hydroxylation is 2. The van der Waals surface area contributed by atoms with Gasteiger partial charge in [0.2, 0.25) is 0 Å². The highest BCUT2D eigenvalue weighted by Gasteiger charge is 2.25. The molecule has 0 saturated heterocycles. The van der Waals surface area contributed by atoms with Crippen LogP contribution in [0.1, 0.15) is 31.2 Å². The molecule has 0 aliphatic carbocycles. The number of carbonyl (C=O) groups is 1. The third-order valence-corrected chi connectivity index (χ3v) is 4.40. The first-order valence-electron chi connectivity index (χ1n) is 7.82. The first-order chi connectivity index (χ1) is 10.7. The Kier molecular flexibility index (Phi) is 4.22. The van der Waals surface area contributed by atoms with E-state index in [1.807, 2.05) is 0 Å². The molecule has 0 saturated carbocycles. The van der Waals surface area contributed by atoms with Gasteiger partial charge in [0, 0.05) is 18.5 Å². The van der Waals surface area contributed by atoms with Gasteiger partial charge in [-0.1, -0.05) is 31.2 Å². The van der Waals surface area contributed by atoms with E-state index in [1.54, 1.807) is 0 Å². The molecule has 116 valence electrons. The Morgan fingerprint density at radius 1 is 1.27 bits per heavy atom. The lowest BCUT2D eigenvalue weighted by Crippen LogP contribution is -2.16. The molecule has 0 fully saturated rings. The van der Waals surface area contributed by atoms with Crippen molar-refractivity contribution in [3.8, 4) is 11.4 Å². The first kappa shape index (κ1) is 14.8. The lowest BCUT2D eigenvalue weighted by molar-refractivity contribution is -0.145. The molecule has 2 aromatic rings. The number of methoxy groups -OCH3 is 1. The minimum Gasteiger partial charge on any atom is -0.469 e. The zero-order valence-corrected chi connectivity index (χ0v) is 13.1. The quantitative estimate of drug-likeness (QED) is 0.818. The Balaban J connectivity index is 1.85. The van der Waals surface area contributed by atoms with Crippen LogP contribution < -0.4 is 0 Å². The van der Waals surface area contributed by atoms with Gasteiger partial charge in [-0.3, -0.25) is 4.79 Å². The van der Waals surface area contributed by atoms with E-state index in [1.165, 1.54) is 12.7 Å². The Hall–Kier alpha value is -2.17. The third kappa shape index (κ3) is 2.75. The van der Waals surface area contributed by atoms with E-state index in [4.69, 9.17) is 4.74 Å². The van der Waals surface area contributed by atoms with Gasteiger partial charge in [0.15, 0.2) is 5.82 Å². The van der Waals surface area contributed by atoms with E-state index >= 15 is 0 Å². The second-order valence-electron chi connectivity index (χ2n) is 5.69. The van der Waals surface area contributed by atoms with Crippen molar-refractivity contribution in [2.75, 3.05) is 7.11 Å². The van der Waals surface area contributed by atoms with Crippen molar-refractivity contribution in [2.24, 2.45) is 5.92 Å². The predicted octanol–water partition coefficient (Wildman–Crippen LogP) is 2.63. The van der Waals surface area contributed by atoms with Gasteiger partial charge in [0.25, 0.3) is 0 Å². The highest BCUT2D eigenvalue weighted by atomic mass is 16.5. The molecule has 0 radical (unpaired) electrons. The number of ether oxygens (including phenoxy) is 1. The summed E-state index contributed by atoms with van der Waals surface area (Å²) in [5, 5.41) is 8.67. The number of aromatic nitrogens is 3. The van der Waals surface area contributed by atoms with Gasteiger partial charge < -0.3 is 9.30 Å². The van der Waals surface area contributed by atoms with Crippen molar-refractivity contribution < 1.29 is 9.53 Å². The summed E-state index contributed by atoms with van der Waals surface area (Å²) in [4.78, 5) is 11.8. The lowest BCUT2D eigenvalue weighted by Gasteiger charge is -2.11. The van der Waals surface area contributed by atoms with Gasteiger partial charge in [-0.05, 0) is 24.8 Å². The van der Waals surface area contributed by atoms with E-state index in [0.717, 1.165) is 49.4 Å². The maximum absolute atomic E-state index is 11.8. The van der Waals surface area contributed by atoms with Crippen LogP contribution in [-0.2, 0) is 28.9 Å². The van der Waals surface area contributed by atoms with Crippen LogP contribution in [0, 0.1) is 5.92 Å². The van der Waals surface area contributed by atoms with Crippen molar-refractivity contribution in [1.29, 1.82) is 0 Å². The zero-order chi connectivity index (χ0) is 15.5. The van der Waals surface area contributed by atoms with Crippen molar-refractivity contribution in [1.82, 2.24) is 14.8 Å². The van der Waals surface area contributed by atoms with Gasteiger partial charge in [-0.2, -0.15) is 0 Å². The van der Waals surface area contributed by atoms with E-state index in [0.29, 0.717) is 0 Å². The van der Waals surface area contributed by atoms with Crippen LogP contribution in [0.25, 0.3) is 11.4 Å². The molecule has 5 heteroatoms. The topological polar surface area (TPSA) is 57.0 Å². The SMILES string of the molecule is CCc1ccc(-c2nnc3n2CCC(C(=O)OC)CC3)cc1. The minimum absolute atomic E-state index is 0.0398. The smallest absolute Gasteiger partial charge is 0.308 e. The molecule has 1 aromatic carbocycles. The second-order valence-corrected chi connectivity index (χ2v) is 5.69. The molecule has 5 nitrogen and oxygen atoms in total. The van der Waals surface area contributed by atoms with E-state index in [9.17, 15) is 4.79 Å². The molecule has 2 heterocycles. The van der Waals surface area contributed by atoms with Gasteiger partial charge >= 0.3 is 5.97 Å². The number of benzene rings is 1. The Morgan fingerprint density at radius 2 is 2.05 bits per heavy atom. The maximum atomic E-state index is 11.8. The summed E-state index contributed by atoms with van der Waals surface area (Å²) < 4.78 is 7.02. The molecule has 0 amide bonds. The summed E-state index contributed by atoms with van der Waals surface area (Å²) >= 11 is 0. The van der Waals surface area contributed by atoms with Crippen LogP contribution in [0.5, 0.6) is 0 Å². The monoisotopic (exact) mass is 299 g/mol. The standard InChI is InChI=1S/C17H21N3O2/c1-3-12-4-6-13(7-5-12)16-19-18-15-9-8-14(17(21)22-2)10-11-20(15)16/h4-7,14H,3,8-11H2,1-2H3. The molecule has 3 rings (SSSR count). The fraction of sp³-hybridized carbons (Fsp3) is 0.471. The summed E-state index contributed by atoms with van der Waals surface area (Å²) in [5.41, 5.74) is 2.39. The molecular weight excluding hydrogens is 278 g/mol. The number of rotatable bonds is 3. The Bertz CT molecular complexity index is 661. The Morgan fingerprint density at radius 3 is 2.73 bits per heavy atom. The highest BCUT2D eigenvalue weighted by molar-refractivity contribution is 5.72. The number of hydrogen-bond donors (Lipinski definition) is 0. The average Bonchev–Trinajstić information content (AvgIpc) is 2.85. The van der Waals surface area contributed by atoms with Gasteiger partial charge in [-0.15, -0.1) is 10.2 Å². The fourth-order valence-corrected chi connectivity index (χ4v) is 2.99. The molecule has 0 spiro atoms. The zero-order valence-electron chi connectivity index (χ0n) is 13.1. The summed E-state index contributed by atoms with van der Waals surface area (Å²) in [6.45, 7) is 2.90. The molecular formula is C17H21N3O2. The minimum atomic E-state index is -0.118. The fourth-order valence-electron chi connectivity index (χ4n) is 2.99. The molecule has 1 aromatic heterocycles. The maximum Gasteiger partial charge on any atom is 0.308 e. The summed E-state index contributed by atoms with van der Waals surface area (Å²) in [5.74, 6) is 1.69. The first-order valence-corrected chi connectivity index (χ1v) is 7.82. The summed E-state index contributed by atoms with van der Waals surface area (Å²) in [6, 6.07) is 8.45. The van der Waals surface area contributed by atoms with Gasteiger partial charge in [0.05, 0.1) is 13.0 Å². The number of esters is 1. The largest absolute Gasteiger partial charge is 0.469 e. The summed E-state index contributed by atoms with van der Waals surface area (Å²) in [6.07, 6.45) is 3.34. The van der Waals surface area contributed by atoms with Crippen molar-refractivity contribution in [3.63, 3.8) is 0 Å². The van der Waals surface area contributed by atoms with E-state index in [2.05, 4.69) is 46.0 Å². The molecule has 0 bridgehead atoms. The molecule has 1 aliphatic rings. The van der Waals surface area contributed by atoms with E-state index in [-0.39, 0.29) is 11.9 Å². The number of hydrogen-bond acceptors (Lipinski definition) is 4. The summed E-state index contributed by atoms with van der Waals surface area (Å²) in [7, 11) is 1.45. The number of carbonyl (C=O) groups excluding carboxylic acids is 1. The predicted molar refractivity (Wildman–Crippen MR) is 83.3 cm³/mol. The number of nitrogens with zero attached hydrogens (tertiary/aromatic N) is 3. The van der Waals surface area contributed by atoms with Crippen LogP contribution in [0.15, 0.2) is 24.3 Å². The van der Waals surface area contributed by atoms with Crippen LogP contribution in [0.2, 0.25) is 0 Å². The molecule has 22 heavy (non-hydrogen) atoms. The number of fused-ring (bicyclic) bond motifs is 1. The highest BCUT2D eigenvalue weighted by Crippen LogP contribution is 2.26. The van der Waals surface area contributed by atoms with Crippen molar-refractivity contribution in [2.45, 2.75) is 39.2 Å². The van der Waals surface area contributed by atoms with Gasteiger partial charge in [0.1, 0.15) is 5.82 Å². The van der Waals surface area contributed by atoms with Crippen LogP contribution in [-0.4, -0.2) is 27.8 Å². The normalized spacial score (nSPS) is 17.6. The third-order valence-electron chi connectivity index (χ3n) is 4.40. The molecule has 1 unspecified atom stereocenters. The lowest BCUT2D eigenvalue weighted by atomic mass is 10.0. The molecule has 0 N–H and O–H groups in total.